The molecule has 0 aliphatic rings. The molecule has 0 saturated heterocycles. The number of carboxylic acids is 1. The molecule has 2 N–H and O–H groups in total. The second-order valence-electron chi connectivity index (χ2n) is 4.32. The Morgan fingerprint density at radius 3 is 2.75 bits per heavy atom. The van der Waals surface area contributed by atoms with Gasteiger partial charge in [0, 0.05) is 12.1 Å². The quantitative estimate of drug-likeness (QED) is 0.561. The summed E-state index contributed by atoms with van der Waals surface area (Å²) in [6, 6.07) is 3.33. The van der Waals surface area contributed by atoms with Crippen LogP contribution in [-0.2, 0) is 4.79 Å². The van der Waals surface area contributed by atoms with Gasteiger partial charge in [-0.15, -0.1) is 0 Å². The van der Waals surface area contributed by atoms with E-state index in [-0.39, 0.29) is 11.4 Å². The number of unbranched alkanes of at least 4 members (excludes halogenated alkanes) is 1. The number of nitro groups is 1. The smallest absolute Gasteiger partial charge is 0.326 e. The Morgan fingerprint density at radius 1 is 1.55 bits per heavy atom. The Hall–Kier alpha value is -2.31. The van der Waals surface area contributed by atoms with Crippen LogP contribution in [0.1, 0.15) is 26.2 Å². The molecule has 7 heteroatoms. The summed E-state index contributed by atoms with van der Waals surface area (Å²) < 4.78 is 5.00. The first kappa shape index (κ1) is 15.7. The highest BCUT2D eigenvalue weighted by Gasteiger charge is 2.22. The minimum Gasteiger partial charge on any atom is -0.497 e. The summed E-state index contributed by atoms with van der Waals surface area (Å²) in [5.41, 5.74) is -0.0219. The molecule has 1 aromatic carbocycles. The molecular formula is C13H18N2O5. The number of hydrogen-bond donors (Lipinski definition) is 2. The number of ether oxygens (including phenoxy) is 1. The van der Waals surface area contributed by atoms with Crippen LogP contribution in [-0.4, -0.2) is 29.2 Å². The van der Waals surface area contributed by atoms with Crippen LogP contribution in [0.2, 0.25) is 0 Å². The van der Waals surface area contributed by atoms with E-state index in [2.05, 4.69) is 5.32 Å². The molecule has 0 radical (unpaired) electrons. The maximum atomic E-state index is 11.2. The number of nitrogens with zero attached hydrogens (tertiary/aromatic N) is 1. The third-order valence-electron chi connectivity index (χ3n) is 2.87. The molecule has 0 saturated carbocycles. The number of benzene rings is 1. The van der Waals surface area contributed by atoms with Gasteiger partial charge in [-0.1, -0.05) is 19.8 Å². The van der Waals surface area contributed by atoms with E-state index in [1.165, 1.54) is 25.3 Å². The van der Waals surface area contributed by atoms with Crippen molar-refractivity contribution in [1.29, 1.82) is 0 Å². The number of rotatable bonds is 8. The zero-order chi connectivity index (χ0) is 15.1. The fourth-order valence-electron chi connectivity index (χ4n) is 1.77. The van der Waals surface area contributed by atoms with E-state index < -0.39 is 16.9 Å². The van der Waals surface area contributed by atoms with Crippen LogP contribution >= 0.6 is 0 Å². The highest BCUT2D eigenvalue weighted by atomic mass is 16.6. The molecule has 20 heavy (non-hydrogen) atoms. The SMILES string of the molecule is CCCCC(Nc1cc(OC)ccc1[N+](=O)[O-])C(=O)O. The Labute approximate surface area is 116 Å². The van der Waals surface area contributed by atoms with Gasteiger partial charge in [0.2, 0.25) is 0 Å². The van der Waals surface area contributed by atoms with E-state index in [9.17, 15) is 14.9 Å². The number of aliphatic carboxylic acids is 1. The highest BCUT2D eigenvalue weighted by Crippen LogP contribution is 2.29. The van der Waals surface area contributed by atoms with Gasteiger partial charge >= 0.3 is 5.97 Å². The van der Waals surface area contributed by atoms with Crippen molar-refractivity contribution in [3.8, 4) is 5.75 Å². The lowest BCUT2D eigenvalue weighted by atomic mass is 10.1. The molecule has 0 fully saturated rings. The van der Waals surface area contributed by atoms with Crippen molar-refractivity contribution in [2.24, 2.45) is 0 Å². The van der Waals surface area contributed by atoms with Gasteiger partial charge in [-0.25, -0.2) is 4.79 Å². The summed E-state index contributed by atoms with van der Waals surface area (Å²) in [5.74, 6) is -0.603. The number of methoxy groups -OCH3 is 1. The van der Waals surface area contributed by atoms with Gasteiger partial charge in [0.15, 0.2) is 0 Å². The molecule has 110 valence electrons. The van der Waals surface area contributed by atoms with Crippen LogP contribution in [0.25, 0.3) is 0 Å². The van der Waals surface area contributed by atoms with Crippen molar-refractivity contribution >= 4 is 17.3 Å². The lowest BCUT2D eigenvalue weighted by Crippen LogP contribution is -2.29. The summed E-state index contributed by atoms with van der Waals surface area (Å²) in [5, 5.41) is 22.8. The number of anilines is 1. The van der Waals surface area contributed by atoms with Gasteiger partial charge in [-0.3, -0.25) is 10.1 Å². The molecule has 0 aliphatic heterocycles. The maximum Gasteiger partial charge on any atom is 0.326 e. The molecule has 1 atom stereocenters. The van der Waals surface area contributed by atoms with Gasteiger partial charge in [0.05, 0.1) is 12.0 Å². The van der Waals surface area contributed by atoms with Gasteiger partial charge in [-0.2, -0.15) is 0 Å². The Kier molecular flexibility index (Phi) is 5.76. The predicted octanol–water partition coefficient (Wildman–Crippen LogP) is 2.66. The minimum absolute atomic E-state index is 0.151. The molecule has 0 heterocycles. The second-order valence-corrected chi connectivity index (χ2v) is 4.32. The average Bonchev–Trinajstić information content (AvgIpc) is 2.42. The molecule has 7 nitrogen and oxygen atoms in total. The van der Waals surface area contributed by atoms with Crippen molar-refractivity contribution in [1.82, 2.24) is 0 Å². The maximum absolute atomic E-state index is 11.2. The zero-order valence-corrected chi connectivity index (χ0v) is 11.5. The zero-order valence-electron chi connectivity index (χ0n) is 11.5. The molecule has 0 bridgehead atoms. The van der Waals surface area contributed by atoms with E-state index in [0.29, 0.717) is 12.2 Å². The molecule has 1 aromatic rings. The molecule has 0 amide bonds. The normalized spacial score (nSPS) is 11.7. The first-order chi connectivity index (χ1) is 9.49. The summed E-state index contributed by atoms with van der Waals surface area (Å²) >= 11 is 0. The van der Waals surface area contributed by atoms with Gasteiger partial charge < -0.3 is 15.2 Å². The third-order valence-corrected chi connectivity index (χ3v) is 2.87. The first-order valence-electron chi connectivity index (χ1n) is 6.31. The van der Waals surface area contributed by atoms with Gasteiger partial charge in [0.25, 0.3) is 5.69 Å². The van der Waals surface area contributed by atoms with E-state index in [4.69, 9.17) is 9.84 Å². The average molecular weight is 282 g/mol. The van der Waals surface area contributed by atoms with Crippen LogP contribution in [0.15, 0.2) is 18.2 Å². The number of hydrogen-bond acceptors (Lipinski definition) is 5. The van der Waals surface area contributed by atoms with E-state index in [1.807, 2.05) is 6.92 Å². The van der Waals surface area contributed by atoms with Crippen molar-refractivity contribution in [2.75, 3.05) is 12.4 Å². The molecular weight excluding hydrogens is 264 g/mol. The molecule has 1 unspecified atom stereocenters. The number of carboxylic acid groups (broad SMARTS) is 1. The van der Waals surface area contributed by atoms with Crippen molar-refractivity contribution in [3.05, 3.63) is 28.3 Å². The first-order valence-corrected chi connectivity index (χ1v) is 6.31. The van der Waals surface area contributed by atoms with E-state index >= 15 is 0 Å². The summed E-state index contributed by atoms with van der Waals surface area (Å²) in [6.07, 6.45) is 1.98. The molecule has 0 aromatic heterocycles. The van der Waals surface area contributed by atoms with Crippen LogP contribution < -0.4 is 10.1 Å². The van der Waals surface area contributed by atoms with Crippen molar-refractivity contribution in [3.63, 3.8) is 0 Å². The van der Waals surface area contributed by atoms with E-state index in [1.54, 1.807) is 0 Å². The van der Waals surface area contributed by atoms with Crippen molar-refractivity contribution in [2.45, 2.75) is 32.2 Å². The Balaban J connectivity index is 3.02. The summed E-state index contributed by atoms with van der Waals surface area (Å²) in [7, 11) is 1.44. The summed E-state index contributed by atoms with van der Waals surface area (Å²) in [4.78, 5) is 21.6. The number of nitro benzene ring substituents is 1. The lowest BCUT2D eigenvalue weighted by Gasteiger charge is -2.16. The molecule has 0 spiro atoms. The Bertz CT molecular complexity index is 490. The molecule has 0 aliphatic carbocycles. The number of carbonyl (C=O) groups is 1. The predicted molar refractivity (Wildman–Crippen MR) is 74.2 cm³/mol. The lowest BCUT2D eigenvalue weighted by molar-refractivity contribution is -0.384. The fourth-order valence-corrected chi connectivity index (χ4v) is 1.77. The van der Waals surface area contributed by atoms with E-state index in [0.717, 1.165) is 12.8 Å². The second kappa shape index (κ2) is 7.32. The monoisotopic (exact) mass is 282 g/mol. The Morgan fingerprint density at radius 2 is 2.25 bits per heavy atom. The van der Waals surface area contributed by atoms with Gasteiger partial charge in [-0.05, 0) is 12.5 Å². The third kappa shape index (κ3) is 4.11. The fraction of sp³-hybridized carbons (Fsp3) is 0.462. The molecule has 1 rings (SSSR count). The standard InChI is InChI=1S/C13H18N2O5/c1-3-4-5-10(13(16)17)14-11-8-9(20-2)6-7-12(11)15(18)19/h6-8,10,14H,3-5H2,1-2H3,(H,16,17). The largest absolute Gasteiger partial charge is 0.497 e. The van der Waals surface area contributed by atoms with Crippen LogP contribution in [0.5, 0.6) is 5.75 Å². The van der Waals surface area contributed by atoms with Crippen molar-refractivity contribution < 1.29 is 19.6 Å². The van der Waals surface area contributed by atoms with Crippen LogP contribution in [0.3, 0.4) is 0 Å². The highest BCUT2D eigenvalue weighted by molar-refractivity contribution is 5.79. The minimum atomic E-state index is -1.03. The summed E-state index contributed by atoms with van der Waals surface area (Å²) in [6.45, 7) is 1.95. The number of nitrogens with one attached hydrogen (secondary N) is 1. The van der Waals surface area contributed by atoms with Crippen LogP contribution in [0.4, 0.5) is 11.4 Å². The van der Waals surface area contributed by atoms with Crippen LogP contribution in [0, 0.1) is 10.1 Å². The van der Waals surface area contributed by atoms with Gasteiger partial charge in [0.1, 0.15) is 17.5 Å². The topological polar surface area (TPSA) is 102 Å².